The fourth-order valence-electron chi connectivity index (χ4n) is 2.53. The standard InChI is InChI=1S/C12H18N2O4S/c1-8-3-4-14(9(2)5-8)19(17,18)10-6-11(12(15)16)13-7-10/h6-9,13H,3-5H2,1-2H3,(H,15,16). The molecule has 1 saturated heterocycles. The van der Waals surface area contributed by atoms with Crippen molar-refractivity contribution in [1.82, 2.24) is 9.29 Å². The van der Waals surface area contributed by atoms with Crippen LogP contribution in [0.25, 0.3) is 0 Å². The van der Waals surface area contributed by atoms with E-state index in [0.29, 0.717) is 12.5 Å². The second kappa shape index (κ2) is 4.97. The average Bonchev–Trinajstić information content (AvgIpc) is 2.78. The molecule has 1 aromatic heterocycles. The van der Waals surface area contributed by atoms with Crippen molar-refractivity contribution in [3.05, 3.63) is 18.0 Å². The van der Waals surface area contributed by atoms with Crippen molar-refractivity contribution in [3.8, 4) is 0 Å². The van der Waals surface area contributed by atoms with Crippen molar-refractivity contribution in [3.63, 3.8) is 0 Å². The Morgan fingerprint density at radius 2 is 2.16 bits per heavy atom. The predicted molar refractivity (Wildman–Crippen MR) is 69.5 cm³/mol. The number of carbonyl (C=O) groups is 1. The fraction of sp³-hybridized carbons (Fsp3) is 0.583. The van der Waals surface area contributed by atoms with Crippen LogP contribution in [0.15, 0.2) is 17.2 Å². The van der Waals surface area contributed by atoms with Gasteiger partial charge in [-0.05, 0) is 31.7 Å². The van der Waals surface area contributed by atoms with Gasteiger partial charge in [0.15, 0.2) is 0 Å². The minimum atomic E-state index is -3.61. The number of hydrogen-bond acceptors (Lipinski definition) is 3. The number of nitrogens with zero attached hydrogens (tertiary/aromatic N) is 1. The molecule has 6 nitrogen and oxygen atoms in total. The van der Waals surface area contributed by atoms with Crippen LogP contribution >= 0.6 is 0 Å². The Bertz CT molecular complexity index is 578. The zero-order valence-corrected chi connectivity index (χ0v) is 11.8. The maximum atomic E-state index is 12.5. The number of sulfonamides is 1. The van der Waals surface area contributed by atoms with Crippen LogP contribution in [0, 0.1) is 5.92 Å². The SMILES string of the molecule is CC1CCN(S(=O)(=O)c2c[nH]c(C(=O)O)c2)C(C)C1. The van der Waals surface area contributed by atoms with Gasteiger partial charge >= 0.3 is 5.97 Å². The lowest BCUT2D eigenvalue weighted by Gasteiger charge is -2.35. The van der Waals surface area contributed by atoms with E-state index in [-0.39, 0.29) is 16.6 Å². The number of aromatic amines is 1. The monoisotopic (exact) mass is 286 g/mol. The van der Waals surface area contributed by atoms with Gasteiger partial charge in [-0.15, -0.1) is 0 Å². The van der Waals surface area contributed by atoms with Gasteiger partial charge in [-0.3, -0.25) is 0 Å². The second-order valence-electron chi connectivity index (χ2n) is 5.15. The van der Waals surface area contributed by atoms with Crippen molar-refractivity contribution in [1.29, 1.82) is 0 Å². The molecule has 2 heterocycles. The zero-order chi connectivity index (χ0) is 14.2. The largest absolute Gasteiger partial charge is 0.477 e. The van der Waals surface area contributed by atoms with E-state index in [1.807, 2.05) is 6.92 Å². The molecule has 1 aromatic rings. The summed E-state index contributed by atoms with van der Waals surface area (Å²) >= 11 is 0. The molecular formula is C12H18N2O4S. The van der Waals surface area contributed by atoms with E-state index in [2.05, 4.69) is 11.9 Å². The smallest absolute Gasteiger partial charge is 0.352 e. The molecule has 0 aliphatic carbocycles. The van der Waals surface area contributed by atoms with Gasteiger partial charge in [0, 0.05) is 18.8 Å². The van der Waals surface area contributed by atoms with Gasteiger partial charge in [0.1, 0.15) is 10.6 Å². The van der Waals surface area contributed by atoms with Gasteiger partial charge in [0.2, 0.25) is 10.0 Å². The van der Waals surface area contributed by atoms with E-state index in [1.54, 1.807) is 0 Å². The molecular weight excluding hydrogens is 268 g/mol. The van der Waals surface area contributed by atoms with Crippen LogP contribution < -0.4 is 0 Å². The summed E-state index contributed by atoms with van der Waals surface area (Å²) in [7, 11) is -3.61. The molecule has 19 heavy (non-hydrogen) atoms. The molecule has 0 aromatic carbocycles. The summed E-state index contributed by atoms with van der Waals surface area (Å²) in [6, 6.07) is 1.11. The fourth-order valence-corrected chi connectivity index (χ4v) is 4.18. The van der Waals surface area contributed by atoms with Gasteiger partial charge in [0.25, 0.3) is 0 Å². The number of aromatic carboxylic acids is 1. The van der Waals surface area contributed by atoms with Crippen molar-refractivity contribution in [2.75, 3.05) is 6.54 Å². The quantitative estimate of drug-likeness (QED) is 0.881. The molecule has 1 fully saturated rings. The van der Waals surface area contributed by atoms with Gasteiger partial charge < -0.3 is 10.1 Å². The molecule has 0 bridgehead atoms. The minimum Gasteiger partial charge on any atom is -0.477 e. The number of rotatable bonds is 3. The highest BCUT2D eigenvalue weighted by Gasteiger charge is 2.33. The molecule has 2 rings (SSSR count). The summed E-state index contributed by atoms with van der Waals surface area (Å²) in [6.07, 6.45) is 2.90. The van der Waals surface area contributed by atoms with Crippen LogP contribution in [-0.4, -0.2) is 41.4 Å². The molecule has 0 radical (unpaired) electrons. The van der Waals surface area contributed by atoms with Gasteiger partial charge in [0.05, 0.1) is 0 Å². The summed E-state index contributed by atoms with van der Waals surface area (Å²) in [6.45, 7) is 4.48. The van der Waals surface area contributed by atoms with E-state index in [9.17, 15) is 13.2 Å². The van der Waals surface area contributed by atoms with Crippen LogP contribution in [-0.2, 0) is 10.0 Å². The summed E-state index contributed by atoms with van der Waals surface area (Å²) in [5.74, 6) is -0.649. The molecule has 0 spiro atoms. The van der Waals surface area contributed by atoms with Crippen molar-refractivity contribution >= 4 is 16.0 Å². The van der Waals surface area contributed by atoms with Crippen molar-refractivity contribution in [2.45, 2.75) is 37.6 Å². The van der Waals surface area contributed by atoms with Crippen LogP contribution in [0.5, 0.6) is 0 Å². The number of H-pyrrole nitrogens is 1. The first-order chi connectivity index (χ1) is 8.82. The van der Waals surface area contributed by atoms with E-state index < -0.39 is 16.0 Å². The van der Waals surface area contributed by atoms with E-state index in [4.69, 9.17) is 5.11 Å². The number of nitrogens with one attached hydrogen (secondary N) is 1. The number of hydrogen-bond donors (Lipinski definition) is 2. The molecule has 0 amide bonds. The lowest BCUT2D eigenvalue weighted by molar-refractivity contribution is 0.0691. The van der Waals surface area contributed by atoms with Crippen LogP contribution in [0.4, 0.5) is 0 Å². The summed E-state index contributed by atoms with van der Waals surface area (Å²) in [4.78, 5) is 13.3. The molecule has 0 saturated carbocycles. The normalized spacial score (nSPS) is 25.4. The number of piperidine rings is 1. The summed E-state index contributed by atoms with van der Waals surface area (Å²) in [5, 5.41) is 8.82. The molecule has 106 valence electrons. The second-order valence-corrected chi connectivity index (χ2v) is 7.04. The Balaban J connectivity index is 2.28. The van der Waals surface area contributed by atoms with Crippen molar-refractivity contribution < 1.29 is 18.3 Å². The summed E-state index contributed by atoms with van der Waals surface area (Å²) in [5.41, 5.74) is -0.114. The van der Waals surface area contributed by atoms with Crippen LogP contribution in [0.1, 0.15) is 37.2 Å². The topological polar surface area (TPSA) is 90.5 Å². The third kappa shape index (κ3) is 2.66. The first-order valence-electron chi connectivity index (χ1n) is 6.26. The Hall–Kier alpha value is -1.34. The zero-order valence-electron chi connectivity index (χ0n) is 11.0. The Morgan fingerprint density at radius 1 is 1.47 bits per heavy atom. The highest BCUT2D eigenvalue weighted by molar-refractivity contribution is 7.89. The lowest BCUT2D eigenvalue weighted by Crippen LogP contribution is -2.43. The Morgan fingerprint density at radius 3 is 2.68 bits per heavy atom. The predicted octanol–water partition coefficient (Wildman–Crippen LogP) is 1.52. The van der Waals surface area contributed by atoms with E-state index in [0.717, 1.165) is 12.8 Å². The maximum absolute atomic E-state index is 12.5. The highest BCUT2D eigenvalue weighted by Crippen LogP contribution is 2.28. The highest BCUT2D eigenvalue weighted by atomic mass is 32.2. The van der Waals surface area contributed by atoms with Crippen LogP contribution in [0.3, 0.4) is 0 Å². The molecule has 2 N–H and O–H groups in total. The minimum absolute atomic E-state index is 0.0197. The van der Waals surface area contributed by atoms with Gasteiger partial charge in [-0.25, -0.2) is 13.2 Å². The molecule has 1 aliphatic rings. The van der Waals surface area contributed by atoms with Crippen LogP contribution in [0.2, 0.25) is 0 Å². The third-order valence-corrected chi connectivity index (χ3v) is 5.56. The first kappa shape index (κ1) is 14.1. The number of carboxylic acid groups (broad SMARTS) is 1. The lowest BCUT2D eigenvalue weighted by atomic mass is 9.95. The van der Waals surface area contributed by atoms with Crippen molar-refractivity contribution in [2.24, 2.45) is 5.92 Å². The van der Waals surface area contributed by atoms with Gasteiger partial charge in [-0.1, -0.05) is 6.92 Å². The Labute approximate surface area is 112 Å². The Kier molecular flexibility index (Phi) is 3.69. The molecule has 2 unspecified atom stereocenters. The number of carboxylic acids is 1. The third-order valence-electron chi connectivity index (χ3n) is 3.57. The molecule has 1 aliphatic heterocycles. The average molecular weight is 286 g/mol. The maximum Gasteiger partial charge on any atom is 0.352 e. The molecule has 7 heteroatoms. The number of aromatic nitrogens is 1. The van der Waals surface area contributed by atoms with Gasteiger partial charge in [-0.2, -0.15) is 4.31 Å². The van der Waals surface area contributed by atoms with E-state index in [1.165, 1.54) is 16.6 Å². The summed E-state index contributed by atoms with van der Waals surface area (Å²) < 4.78 is 26.4. The first-order valence-corrected chi connectivity index (χ1v) is 7.70. The molecule has 2 atom stereocenters. The van der Waals surface area contributed by atoms with E-state index >= 15 is 0 Å².